The summed E-state index contributed by atoms with van der Waals surface area (Å²) in [4.78, 5) is 30.7. The van der Waals surface area contributed by atoms with E-state index in [4.69, 9.17) is 14.5 Å². The molecule has 0 aliphatic carbocycles. The van der Waals surface area contributed by atoms with Crippen molar-refractivity contribution in [3.63, 3.8) is 0 Å². The number of hydrogen-bond acceptors (Lipinski definition) is 7. The minimum absolute atomic E-state index is 0.116. The van der Waals surface area contributed by atoms with Gasteiger partial charge < -0.3 is 9.47 Å². The molecule has 0 saturated carbocycles. The van der Waals surface area contributed by atoms with Gasteiger partial charge in [0.1, 0.15) is 15.9 Å². The number of anilines is 1. The molecule has 9 heteroatoms. The molecule has 8 nitrogen and oxygen atoms in total. The monoisotopic (exact) mass is 478 g/mol. The molecule has 0 bridgehead atoms. The van der Waals surface area contributed by atoms with E-state index in [1.54, 1.807) is 44.8 Å². The Balaban J connectivity index is 1.90. The highest BCUT2D eigenvalue weighted by molar-refractivity contribution is 8.14. The highest BCUT2D eigenvalue weighted by Crippen LogP contribution is 2.42. The van der Waals surface area contributed by atoms with Crippen LogP contribution in [0.1, 0.15) is 42.6 Å². The van der Waals surface area contributed by atoms with Crippen LogP contribution in [0.3, 0.4) is 0 Å². The summed E-state index contributed by atoms with van der Waals surface area (Å²) in [6.07, 6.45) is 0.522. The number of thioether (sulfide) groups is 1. The Labute approximate surface area is 202 Å². The fourth-order valence-electron chi connectivity index (χ4n) is 3.57. The average molecular weight is 479 g/mol. The van der Waals surface area contributed by atoms with E-state index >= 15 is 0 Å². The maximum Gasteiger partial charge on any atom is 0.248 e. The lowest BCUT2D eigenvalue weighted by molar-refractivity contribution is -0.118. The summed E-state index contributed by atoms with van der Waals surface area (Å²) in [6, 6.07) is 13.2. The van der Waals surface area contributed by atoms with Crippen molar-refractivity contribution in [1.29, 1.82) is 0 Å². The first-order valence-electron chi connectivity index (χ1n) is 11.0. The molecule has 1 aliphatic heterocycles. The van der Waals surface area contributed by atoms with Gasteiger partial charge in [-0.05, 0) is 36.9 Å². The molecule has 3 aromatic rings. The maximum atomic E-state index is 13.1. The van der Waals surface area contributed by atoms with Crippen LogP contribution in [0.2, 0.25) is 0 Å². The van der Waals surface area contributed by atoms with Crippen molar-refractivity contribution in [3.05, 3.63) is 53.6 Å². The summed E-state index contributed by atoms with van der Waals surface area (Å²) in [5.74, 6) is 1.64. The number of carbonyl (C=O) groups is 2. The summed E-state index contributed by atoms with van der Waals surface area (Å²) >= 11 is 1.30. The summed E-state index contributed by atoms with van der Waals surface area (Å²) in [7, 11) is 3.13. The Kier molecular flexibility index (Phi) is 6.74. The topological polar surface area (TPSA) is 86.0 Å². The molecule has 2 aromatic carbocycles. The van der Waals surface area contributed by atoms with E-state index < -0.39 is 0 Å². The van der Waals surface area contributed by atoms with Crippen molar-refractivity contribution < 1.29 is 19.1 Å². The standard InChI is InChI=1S/C25H26N4O4S/c1-6-20(30)28-22(16-10-8-15(3)9-11-16)26-23-25(28)34-24(27-29(23)21(31)7-2)17-12-13-18(32-4)19(14-17)33-5/h8-14H,6-7H2,1-5H3. The number of rotatable bonds is 6. The van der Waals surface area contributed by atoms with Crippen LogP contribution < -0.4 is 14.5 Å². The predicted molar refractivity (Wildman–Crippen MR) is 133 cm³/mol. The van der Waals surface area contributed by atoms with Crippen LogP contribution in [0.5, 0.6) is 11.5 Å². The molecule has 0 saturated heterocycles. The van der Waals surface area contributed by atoms with Crippen LogP contribution in [0.4, 0.5) is 5.82 Å². The first kappa shape index (κ1) is 23.6. The molecule has 34 heavy (non-hydrogen) atoms. The van der Waals surface area contributed by atoms with E-state index in [-0.39, 0.29) is 24.7 Å². The molecule has 0 atom stereocenters. The number of imidazole rings is 1. The van der Waals surface area contributed by atoms with E-state index in [0.29, 0.717) is 33.2 Å². The Morgan fingerprint density at radius 2 is 1.56 bits per heavy atom. The highest BCUT2D eigenvalue weighted by Gasteiger charge is 2.34. The second-order valence-corrected chi connectivity index (χ2v) is 8.63. The number of benzene rings is 2. The Morgan fingerprint density at radius 1 is 0.912 bits per heavy atom. The largest absolute Gasteiger partial charge is 0.493 e. The lowest BCUT2D eigenvalue weighted by Gasteiger charge is -2.23. The van der Waals surface area contributed by atoms with Gasteiger partial charge in [0.15, 0.2) is 17.3 Å². The van der Waals surface area contributed by atoms with Crippen molar-refractivity contribution >= 4 is 34.4 Å². The van der Waals surface area contributed by atoms with Gasteiger partial charge in [-0.2, -0.15) is 10.1 Å². The number of amides is 1. The van der Waals surface area contributed by atoms with Gasteiger partial charge >= 0.3 is 0 Å². The average Bonchev–Trinajstić information content (AvgIpc) is 3.26. The SMILES string of the molecule is CCC(=O)N1N=C(c2ccc(OC)c(OC)c2)Sc2c1nc(-c1ccc(C)cc1)n2C(=O)CC. The summed E-state index contributed by atoms with van der Waals surface area (Å²) < 4.78 is 12.4. The molecule has 1 aromatic heterocycles. The Hall–Kier alpha value is -3.59. The van der Waals surface area contributed by atoms with Crippen LogP contribution in [-0.2, 0) is 4.79 Å². The van der Waals surface area contributed by atoms with Crippen LogP contribution in [-0.4, -0.2) is 40.6 Å². The summed E-state index contributed by atoms with van der Waals surface area (Å²) in [5, 5.41) is 7.03. The van der Waals surface area contributed by atoms with Crippen LogP contribution in [0.25, 0.3) is 11.4 Å². The minimum atomic E-state index is -0.219. The zero-order valence-electron chi connectivity index (χ0n) is 19.8. The van der Waals surface area contributed by atoms with Crippen LogP contribution >= 0.6 is 11.8 Å². The van der Waals surface area contributed by atoms with E-state index in [1.165, 1.54) is 16.8 Å². The van der Waals surface area contributed by atoms with Gasteiger partial charge in [0.2, 0.25) is 11.8 Å². The Morgan fingerprint density at radius 3 is 2.18 bits per heavy atom. The van der Waals surface area contributed by atoms with Crippen molar-refractivity contribution in [1.82, 2.24) is 9.55 Å². The second-order valence-electron chi connectivity index (χ2n) is 7.65. The third-order valence-electron chi connectivity index (χ3n) is 5.43. The molecule has 0 N–H and O–H groups in total. The number of methoxy groups -OCH3 is 2. The van der Waals surface area contributed by atoms with Gasteiger partial charge in [0.05, 0.1) is 14.2 Å². The van der Waals surface area contributed by atoms with Crippen LogP contribution in [0.15, 0.2) is 52.6 Å². The van der Waals surface area contributed by atoms with Crippen LogP contribution in [0, 0.1) is 6.92 Å². The zero-order chi connectivity index (χ0) is 24.4. The van der Waals surface area contributed by atoms with Gasteiger partial charge in [0.25, 0.3) is 0 Å². The Bertz CT molecular complexity index is 1280. The number of hydrazone groups is 1. The molecule has 4 rings (SSSR count). The van der Waals surface area contributed by atoms with Crippen molar-refractivity contribution in [2.24, 2.45) is 5.10 Å². The fraction of sp³-hybridized carbons (Fsp3) is 0.280. The quantitative estimate of drug-likeness (QED) is 0.488. The van der Waals surface area contributed by atoms with E-state index in [9.17, 15) is 9.59 Å². The van der Waals surface area contributed by atoms with E-state index in [2.05, 4.69) is 5.10 Å². The molecule has 1 aliphatic rings. The third-order valence-corrected chi connectivity index (χ3v) is 6.50. The van der Waals surface area contributed by atoms with E-state index in [0.717, 1.165) is 16.7 Å². The number of ether oxygens (including phenoxy) is 2. The minimum Gasteiger partial charge on any atom is -0.493 e. The first-order chi connectivity index (χ1) is 16.4. The lowest BCUT2D eigenvalue weighted by atomic mass is 10.1. The third kappa shape index (κ3) is 4.19. The molecule has 0 fully saturated rings. The molecule has 2 heterocycles. The fourth-order valence-corrected chi connectivity index (χ4v) is 4.62. The number of nitrogens with zero attached hydrogens (tertiary/aromatic N) is 4. The molecule has 0 radical (unpaired) electrons. The second kappa shape index (κ2) is 9.72. The maximum absolute atomic E-state index is 13.1. The predicted octanol–water partition coefficient (Wildman–Crippen LogP) is 5.14. The normalized spacial score (nSPS) is 12.7. The lowest BCUT2D eigenvalue weighted by Crippen LogP contribution is -2.29. The number of carbonyl (C=O) groups excluding carboxylic acids is 2. The van der Waals surface area contributed by atoms with Gasteiger partial charge in [-0.25, -0.2) is 4.98 Å². The molecule has 176 valence electrons. The highest BCUT2D eigenvalue weighted by atomic mass is 32.2. The van der Waals surface area contributed by atoms with Crippen molar-refractivity contribution in [3.8, 4) is 22.9 Å². The van der Waals surface area contributed by atoms with Gasteiger partial charge in [-0.15, -0.1) is 0 Å². The molecular weight excluding hydrogens is 452 g/mol. The smallest absolute Gasteiger partial charge is 0.248 e. The van der Waals surface area contributed by atoms with E-state index in [1.807, 2.05) is 37.3 Å². The summed E-state index contributed by atoms with van der Waals surface area (Å²) in [5.41, 5.74) is 2.62. The van der Waals surface area contributed by atoms with Gasteiger partial charge in [-0.1, -0.05) is 43.7 Å². The number of fused-ring (bicyclic) bond motifs is 1. The van der Waals surface area contributed by atoms with Crippen molar-refractivity contribution in [2.75, 3.05) is 19.2 Å². The number of hydrogen-bond donors (Lipinski definition) is 0. The summed E-state index contributed by atoms with van der Waals surface area (Å²) in [6.45, 7) is 5.57. The molecule has 0 unspecified atom stereocenters. The first-order valence-corrected chi connectivity index (χ1v) is 11.8. The number of aryl methyl sites for hydroxylation is 1. The molecular formula is C25H26N4O4S. The molecule has 0 spiro atoms. The number of aromatic nitrogens is 2. The van der Waals surface area contributed by atoms with Gasteiger partial charge in [-0.3, -0.25) is 14.2 Å². The molecule has 1 amide bonds. The van der Waals surface area contributed by atoms with Gasteiger partial charge in [0, 0.05) is 24.0 Å². The van der Waals surface area contributed by atoms with Crippen molar-refractivity contribution in [2.45, 2.75) is 38.6 Å². The zero-order valence-corrected chi connectivity index (χ0v) is 20.6.